The molecule has 0 unspecified atom stereocenters. The predicted molar refractivity (Wildman–Crippen MR) is 62.8 cm³/mol. The summed E-state index contributed by atoms with van der Waals surface area (Å²) in [5.41, 5.74) is 2.84. The molecule has 0 aliphatic carbocycles. The number of nitrogens with zero attached hydrogens (tertiary/aromatic N) is 3. The van der Waals surface area contributed by atoms with Gasteiger partial charge >= 0.3 is 0 Å². The molecule has 16 heavy (non-hydrogen) atoms. The zero-order valence-corrected chi connectivity index (χ0v) is 10.5. The normalized spacial score (nSPS) is 19.6. The number of allylic oxidation sites excluding steroid dienone is 4. The van der Waals surface area contributed by atoms with Gasteiger partial charge in [-0.3, -0.25) is 0 Å². The molecular formula is C13H17N3. The van der Waals surface area contributed by atoms with E-state index in [-0.39, 0.29) is 0 Å². The number of hydrogen-bond acceptors (Lipinski definition) is 3. The van der Waals surface area contributed by atoms with Crippen molar-refractivity contribution < 1.29 is 0 Å². The molecule has 84 valence electrons. The number of hydrogen-bond donors (Lipinski definition) is 0. The van der Waals surface area contributed by atoms with Gasteiger partial charge in [0, 0.05) is 23.4 Å². The second-order valence-corrected chi connectivity index (χ2v) is 4.51. The first kappa shape index (κ1) is 12.3. The molecular weight excluding hydrogens is 198 g/mol. The summed E-state index contributed by atoms with van der Waals surface area (Å²) in [6, 6.07) is 4.49. The lowest BCUT2D eigenvalue weighted by molar-refractivity contribution is 0.387. The molecule has 0 spiro atoms. The second-order valence-electron chi connectivity index (χ2n) is 4.51. The average molecular weight is 215 g/mol. The fourth-order valence-corrected chi connectivity index (χ4v) is 2.47. The molecule has 1 rings (SSSR count). The van der Waals surface area contributed by atoms with Crippen LogP contribution in [-0.4, -0.2) is 11.4 Å². The SMILES string of the molecule is CCN1C(C)=C(C#N)C(C)(C)C(C#N)=C1C. The molecule has 1 heterocycles. The summed E-state index contributed by atoms with van der Waals surface area (Å²) >= 11 is 0. The fourth-order valence-electron chi connectivity index (χ4n) is 2.47. The third kappa shape index (κ3) is 1.49. The molecule has 0 saturated carbocycles. The van der Waals surface area contributed by atoms with Crippen molar-refractivity contribution in [3.05, 3.63) is 22.5 Å². The quantitative estimate of drug-likeness (QED) is 0.675. The van der Waals surface area contributed by atoms with Crippen LogP contribution in [0.2, 0.25) is 0 Å². The molecule has 0 saturated heterocycles. The second kappa shape index (κ2) is 4.02. The van der Waals surface area contributed by atoms with E-state index in [4.69, 9.17) is 0 Å². The van der Waals surface area contributed by atoms with Gasteiger partial charge in [0.1, 0.15) is 0 Å². The van der Waals surface area contributed by atoms with E-state index in [2.05, 4.69) is 12.1 Å². The minimum Gasteiger partial charge on any atom is -0.347 e. The highest BCUT2D eigenvalue weighted by atomic mass is 15.1. The average Bonchev–Trinajstić information content (AvgIpc) is 2.18. The van der Waals surface area contributed by atoms with Crippen molar-refractivity contribution in [1.82, 2.24) is 4.90 Å². The molecule has 3 nitrogen and oxygen atoms in total. The monoisotopic (exact) mass is 215 g/mol. The Hall–Kier alpha value is -1.74. The summed E-state index contributed by atoms with van der Waals surface area (Å²) < 4.78 is 0. The summed E-state index contributed by atoms with van der Waals surface area (Å²) in [5.74, 6) is 0. The van der Waals surface area contributed by atoms with E-state index in [0.717, 1.165) is 17.9 Å². The number of rotatable bonds is 1. The molecule has 0 aromatic rings. The highest BCUT2D eigenvalue weighted by Crippen LogP contribution is 2.43. The molecule has 0 bridgehead atoms. The molecule has 0 amide bonds. The van der Waals surface area contributed by atoms with Crippen molar-refractivity contribution in [2.45, 2.75) is 34.6 Å². The van der Waals surface area contributed by atoms with Gasteiger partial charge in [-0.05, 0) is 20.8 Å². The Bertz CT molecular complexity index is 413. The van der Waals surface area contributed by atoms with E-state index in [0.29, 0.717) is 11.1 Å². The topological polar surface area (TPSA) is 50.8 Å². The number of nitriles is 2. The third-order valence-electron chi connectivity index (χ3n) is 3.32. The first-order valence-electron chi connectivity index (χ1n) is 5.42. The van der Waals surface area contributed by atoms with E-state index in [1.165, 1.54) is 0 Å². The Labute approximate surface area is 97.3 Å². The lowest BCUT2D eigenvalue weighted by atomic mass is 9.74. The Morgan fingerprint density at radius 2 is 1.44 bits per heavy atom. The van der Waals surface area contributed by atoms with Gasteiger partial charge < -0.3 is 4.90 Å². The van der Waals surface area contributed by atoms with E-state index in [9.17, 15) is 10.5 Å². The largest absolute Gasteiger partial charge is 0.347 e. The maximum atomic E-state index is 9.24. The van der Waals surface area contributed by atoms with Gasteiger partial charge in [-0.15, -0.1) is 0 Å². The predicted octanol–water partition coefficient (Wildman–Crippen LogP) is 2.94. The summed E-state index contributed by atoms with van der Waals surface area (Å²) in [5, 5.41) is 18.5. The van der Waals surface area contributed by atoms with Gasteiger partial charge in [0.25, 0.3) is 0 Å². The minimum atomic E-state index is -0.469. The summed E-state index contributed by atoms with van der Waals surface area (Å²) in [7, 11) is 0. The van der Waals surface area contributed by atoms with Crippen molar-refractivity contribution >= 4 is 0 Å². The van der Waals surface area contributed by atoms with E-state index < -0.39 is 5.41 Å². The van der Waals surface area contributed by atoms with Gasteiger partial charge in [0.05, 0.1) is 23.3 Å². The van der Waals surface area contributed by atoms with E-state index >= 15 is 0 Å². The zero-order valence-electron chi connectivity index (χ0n) is 10.5. The summed E-state index contributed by atoms with van der Waals surface area (Å²) in [6.07, 6.45) is 0. The van der Waals surface area contributed by atoms with Gasteiger partial charge in [0.15, 0.2) is 0 Å². The molecule has 0 N–H and O–H groups in total. The zero-order chi connectivity index (χ0) is 12.5. The lowest BCUT2D eigenvalue weighted by Crippen LogP contribution is -2.33. The molecule has 1 aliphatic heterocycles. The maximum Gasteiger partial charge on any atom is 0.0975 e. The van der Waals surface area contributed by atoms with Crippen molar-refractivity contribution in [3.8, 4) is 12.1 Å². The standard InChI is InChI=1S/C13H17N3/c1-6-16-9(2)11(7-14)13(4,5)12(8-15)10(16)3/h6H2,1-5H3. The first-order valence-corrected chi connectivity index (χ1v) is 5.42. The lowest BCUT2D eigenvalue weighted by Gasteiger charge is -2.38. The molecule has 0 aromatic carbocycles. The van der Waals surface area contributed by atoms with Crippen LogP contribution in [-0.2, 0) is 0 Å². The van der Waals surface area contributed by atoms with Crippen LogP contribution in [0.4, 0.5) is 0 Å². The molecule has 0 radical (unpaired) electrons. The fraction of sp³-hybridized carbons (Fsp3) is 0.538. The molecule has 0 atom stereocenters. The van der Waals surface area contributed by atoms with Crippen LogP contribution in [0, 0.1) is 28.1 Å². The maximum absolute atomic E-state index is 9.24. The Morgan fingerprint density at radius 1 is 1.06 bits per heavy atom. The van der Waals surface area contributed by atoms with Crippen LogP contribution in [0.25, 0.3) is 0 Å². The highest BCUT2D eigenvalue weighted by molar-refractivity contribution is 5.50. The van der Waals surface area contributed by atoms with Gasteiger partial charge in [-0.2, -0.15) is 10.5 Å². The van der Waals surface area contributed by atoms with Crippen molar-refractivity contribution in [1.29, 1.82) is 10.5 Å². The van der Waals surface area contributed by atoms with E-state index in [1.807, 2.05) is 39.5 Å². The van der Waals surface area contributed by atoms with Crippen LogP contribution in [0.15, 0.2) is 22.5 Å². The summed E-state index contributed by atoms with van der Waals surface area (Å²) in [4.78, 5) is 2.03. The molecule has 0 fully saturated rings. The highest BCUT2D eigenvalue weighted by Gasteiger charge is 2.37. The van der Waals surface area contributed by atoms with Crippen LogP contribution in [0.5, 0.6) is 0 Å². The Balaban J connectivity index is 3.52. The summed E-state index contributed by atoms with van der Waals surface area (Å²) in [6.45, 7) is 10.6. The first-order chi connectivity index (χ1) is 7.41. The van der Waals surface area contributed by atoms with Crippen molar-refractivity contribution in [2.75, 3.05) is 6.54 Å². The smallest absolute Gasteiger partial charge is 0.0975 e. The van der Waals surface area contributed by atoms with Crippen LogP contribution < -0.4 is 0 Å². The Morgan fingerprint density at radius 3 is 1.69 bits per heavy atom. The third-order valence-corrected chi connectivity index (χ3v) is 3.32. The van der Waals surface area contributed by atoms with Crippen molar-refractivity contribution in [2.24, 2.45) is 5.41 Å². The van der Waals surface area contributed by atoms with Crippen LogP contribution >= 0.6 is 0 Å². The molecule has 0 aromatic heterocycles. The Kier molecular flexibility index (Phi) is 3.10. The van der Waals surface area contributed by atoms with Crippen LogP contribution in [0.1, 0.15) is 34.6 Å². The van der Waals surface area contributed by atoms with Crippen LogP contribution in [0.3, 0.4) is 0 Å². The van der Waals surface area contributed by atoms with Crippen molar-refractivity contribution in [3.63, 3.8) is 0 Å². The van der Waals surface area contributed by atoms with Gasteiger partial charge in [0.2, 0.25) is 0 Å². The minimum absolute atomic E-state index is 0.469. The van der Waals surface area contributed by atoms with E-state index in [1.54, 1.807) is 0 Å². The molecule has 1 aliphatic rings. The van der Waals surface area contributed by atoms with Gasteiger partial charge in [-0.25, -0.2) is 0 Å². The van der Waals surface area contributed by atoms with Gasteiger partial charge in [-0.1, -0.05) is 13.8 Å². The molecule has 3 heteroatoms.